The molecular weight excluding hydrogens is 198 g/mol. The normalized spacial score (nSPS) is 10.1. The lowest BCUT2D eigenvalue weighted by molar-refractivity contribution is 0.112. The minimum atomic E-state index is 0.730. The Morgan fingerprint density at radius 1 is 1.06 bits per heavy atom. The first-order valence-electron chi connectivity index (χ1n) is 6.16. The van der Waals surface area contributed by atoms with Crippen LogP contribution in [0, 0.1) is 0 Å². The van der Waals surface area contributed by atoms with Crippen LogP contribution in [0.4, 0.5) is 5.69 Å². The first-order chi connectivity index (χ1) is 7.86. The second-order valence-electron chi connectivity index (χ2n) is 4.08. The van der Waals surface area contributed by atoms with E-state index in [4.69, 9.17) is 0 Å². The fraction of sp³-hybridized carbons (Fsp3) is 0.500. The Labute approximate surface area is 98.1 Å². The van der Waals surface area contributed by atoms with Gasteiger partial charge in [-0.2, -0.15) is 0 Å². The van der Waals surface area contributed by atoms with Gasteiger partial charge in [-0.05, 0) is 30.7 Å². The van der Waals surface area contributed by atoms with Gasteiger partial charge in [0.2, 0.25) is 0 Å². The van der Waals surface area contributed by atoms with Gasteiger partial charge in [0.05, 0.1) is 0 Å². The number of aldehydes is 1. The molecule has 0 saturated carbocycles. The van der Waals surface area contributed by atoms with Crippen LogP contribution in [0.15, 0.2) is 24.3 Å². The van der Waals surface area contributed by atoms with Crippen LogP contribution in [0.5, 0.6) is 0 Å². The molecule has 0 aliphatic heterocycles. The molecule has 0 spiro atoms. The van der Waals surface area contributed by atoms with E-state index in [2.05, 4.69) is 12.2 Å². The van der Waals surface area contributed by atoms with E-state index in [1.165, 1.54) is 32.1 Å². The zero-order valence-corrected chi connectivity index (χ0v) is 10.0. The van der Waals surface area contributed by atoms with Gasteiger partial charge in [0.15, 0.2) is 0 Å². The van der Waals surface area contributed by atoms with Crippen molar-refractivity contribution >= 4 is 12.0 Å². The van der Waals surface area contributed by atoms with Crippen molar-refractivity contribution in [2.45, 2.75) is 39.0 Å². The largest absolute Gasteiger partial charge is 0.385 e. The number of unbranched alkanes of at least 4 members (excludes halogenated alkanes) is 4. The Bertz CT molecular complexity index is 292. The number of carbonyl (C=O) groups excluding carboxylic acids is 1. The van der Waals surface area contributed by atoms with Gasteiger partial charge in [-0.15, -0.1) is 0 Å². The molecule has 0 unspecified atom stereocenters. The molecule has 0 aliphatic rings. The van der Waals surface area contributed by atoms with E-state index in [0.717, 1.165) is 24.1 Å². The molecule has 1 aromatic carbocycles. The number of carbonyl (C=O) groups is 1. The summed E-state index contributed by atoms with van der Waals surface area (Å²) >= 11 is 0. The molecule has 0 radical (unpaired) electrons. The highest BCUT2D eigenvalue weighted by Gasteiger charge is 1.93. The number of hydrogen-bond acceptors (Lipinski definition) is 2. The molecule has 0 amide bonds. The molecule has 2 nitrogen and oxygen atoms in total. The molecule has 88 valence electrons. The van der Waals surface area contributed by atoms with Crippen molar-refractivity contribution in [3.8, 4) is 0 Å². The third-order valence-corrected chi connectivity index (χ3v) is 2.66. The molecule has 16 heavy (non-hydrogen) atoms. The number of hydrogen-bond donors (Lipinski definition) is 1. The zero-order chi connectivity index (χ0) is 11.6. The minimum absolute atomic E-state index is 0.730. The van der Waals surface area contributed by atoms with Crippen LogP contribution in [0.1, 0.15) is 49.4 Å². The van der Waals surface area contributed by atoms with Crippen molar-refractivity contribution in [3.63, 3.8) is 0 Å². The van der Waals surface area contributed by atoms with Crippen LogP contribution in [-0.2, 0) is 0 Å². The molecule has 0 fully saturated rings. The second kappa shape index (κ2) is 7.91. The van der Waals surface area contributed by atoms with E-state index < -0.39 is 0 Å². The predicted molar refractivity (Wildman–Crippen MR) is 69.1 cm³/mol. The molecule has 2 heteroatoms. The smallest absolute Gasteiger partial charge is 0.150 e. The van der Waals surface area contributed by atoms with E-state index in [9.17, 15) is 4.79 Å². The number of benzene rings is 1. The van der Waals surface area contributed by atoms with Crippen LogP contribution in [0.2, 0.25) is 0 Å². The maximum atomic E-state index is 10.5. The van der Waals surface area contributed by atoms with Gasteiger partial charge < -0.3 is 5.32 Å². The van der Waals surface area contributed by atoms with Gasteiger partial charge in [0.1, 0.15) is 6.29 Å². The minimum Gasteiger partial charge on any atom is -0.385 e. The van der Waals surface area contributed by atoms with Crippen molar-refractivity contribution in [3.05, 3.63) is 29.8 Å². The Kier molecular flexibility index (Phi) is 6.31. The van der Waals surface area contributed by atoms with Gasteiger partial charge >= 0.3 is 0 Å². The lowest BCUT2D eigenvalue weighted by atomic mass is 10.1. The van der Waals surface area contributed by atoms with Crippen LogP contribution >= 0.6 is 0 Å². The Morgan fingerprint density at radius 3 is 2.38 bits per heavy atom. The SMILES string of the molecule is CCCCCCCNc1ccc(C=O)cc1. The van der Waals surface area contributed by atoms with Crippen LogP contribution in [-0.4, -0.2) is 12.8 Å². The summed E-state index contributed by atoms with van der Waals surface area (Å²) in [6.07, 6.45) is 7.36. The Hall–Kier alpha value is -1.31. The van der Waals surface area contributed by atoms with Gasteiger partial charge in [-0.1, -0.05) is 32.6 Å². The quantitative estimate of drug-likeness (QED) is 0.531. The fourth-order valence-electron chi connectivity index (χ4n) is 1.64. The molecule has 1 aromatic rings. The topological polar surface area (TPSA) is 29.1 Å². The number of anilines is 1. The zero-order valence-electron chi connectivity index (χ0n) is 10.0. The lowest BCUT2D eigenvalue weighted by Crippen LogP contribution is -2.01. The molecule has 1 rings (SSSR count). The van der Waals surface area contributed by atoms with Gasteiger partial charge in [-0.3, -0.25) is 4.79 Å². The first-order valence-corrected chi connectivity index (χ1v) is 6.16. The van der Waals surface area contributed by atoms with E-state index >= 15 is 0 Å². The number of nitrogens with one attached hydrogen (secondary N) is 1. The molecule has 0 atom stereocenters. The lowest BCUT2D eigenvalue weighted by Gasteiger charge is -2.06. The Balaban J connectivity index is 2.14. The van der Waals surface area contributed by atoms with E-state index in [1.807, 2.05) is 24.3 Å². The highest BCUT2D eigenvalue weighted by molar-refractivity contribution is 5.75. The summed E-state index contributed by atoms with van der Waals surface area (Å²) in [6.45, 7) is 3.25. The molecule has 0 saturated heterocycles. The van der Waals surface area contributed by atoms with E-state index in [1.54, 1.807) is 0 Å². The Morgan fingerprint density at radius 2 is 1.75 bits per heavy atom. The third kappa shape index (κ3) is 4.96. The second-order valence-corrected chi connectivity index (χ2v) is 4.08. The molecule has 1 N–H and O–H groups in total. The van der Waals surface area contributed by atoms with Crippen molar-refractivity contribution in [2.75, 3.05) is 11.9 Å². The van der Waals surface area contributed by atoms with Crippen molar-refractivity contribution in [1.29, 1.82) is 0 Å². The predicted octanol–water partition coefficient (Wildman–Crippen LogP) is 3.88. The maximum absolute atomic E-state index is 10.5. The molecule has 0 bridgehead atoms. The third-order valence-electron chi connectivity index (χ3n) is 2.66. The van der Waals surface area contributed by atoms with Crippen LogP contribution in [0.3, 0.4) is 0 Å². The summed E-state index contributed by atoms with van der Waals surface area (Å²) in [5.41, 5.74) is 1.83. The van der Waals surface area contributed by atoms with Crippen molar-refractivity contribution in [1.82, 2.24) is 0 Å². The average molecular weight is 219 g/mol. The van der Waals surface area contributed by atoms with E-state index in [0.29, 0.717) is 0 Å². The molecule has 0 aromatic heterocycles. The molecule has 0 heterocycles. The fourth-order valence-corrected chi connectivity index (χ4v) is 1.64. The molecular formula is C14H21NO. The van der Waals surface area contributed by atoms with Gasteiger partial charge in [-0.25, -0.2) is 0 Å². The summed E-state index contributed by atoms with van der Waals surface area (Å²) in [5.74, 6) is 0. The summed E-state index contributed by atoms with van der Waals surface area (Å²) in [5, 5.41) is 3.36. The van der Waals surface area contributed by atoms with Gasteiger partial charge in [0, 0.05) is 17.8 Å². The van der Waals surface area contributed by atoms with Crippen LogP contribution in [0.25, 0.3) is 0 Å². The highest BCUT2D eigenvalue weighted by atomic mass is 16.1. The standard InChI is InChI=1S/C14H21NO/c1-2-3-4-5-6-11-15-14-9-7-13(12-16)8-10-14/h7-10,12,15H,2-6,11H2,1H3. The van der Waals surface area contributed by atoms with E-state index in [-0.39, 0.29) is 0 Å². The average Bonchev–Trinajstić information content (AvgIpc) is 2.34. The first kappa shape index (κ1) is 12.8. The maximum Gasteiger partial charge on any atom is 0.150 e. The summed E-state index contributed by atoms with van der Waals surface area (Å²) in [6, 6.07) is 7.59. The van der Waals surface area contributed by atoms with Crippen molar-refractivity contribution < 1.29 is 4.79 Å². The van der Waals surface area contributed by atoms with Crippen LogP contribution < -0.4 is 5.32 Å². The summed E-state index contributed by atoms with van der Waals surface area (Å²) in [7, 11) is 0. The monoisotopic (exact) mass is 219 g/mol. The van der Waals surface area contributed by atoms with Crippen molar-refractivity contribution in [2.24, 2.45) is 0 Å². The summed E-state index contributed by atoms with van der Waals surface area (Å²) < 4.78 is 0. The van der Waals surface area contributed by atoms with Gasteiger partial charge in [0.25, 0.3) is 0 Å². The summed E-state index contributed by atoms with van der Waals surface area (Å²) in [4.78, 5) is 10.5. The number of rotatable bonds is 8. The highest BCUT2D eigenvalue weighted by Crippen LogP contribution is 2.09. The molecule has 0 aliphatic carbocycles.